The van der Waals surface area contributed by atoms with E-state index in [9.17, 15) is 0 Å². The van der Waals surface area contributed by atoms with E-state index in [1.165, 1.54) is 0 Å². The largest absolute Gasteiger partial charge is 0.367 e. The smallest absolute Gasteiger partial charge is 0.148 e. The molecule has 70 valence electrons. The van der Waals surface area contributed by atoms with Crippen molar-refractivity contribution in [3.63, 3.8) is 0 Å². The van der Waals surface area contributed by atoms with Crippen molar-refractivity contribution in [2.75, 3.05) is 0 Å². The van der Waals surface area contributed by atoms with Gasteiger partial charge in [0, 0.05) is 25.0 Å². The number of hydrogen-bond donors (Lipinski definition) is 1. The molecule has 0 bridgehead atoms. The second kappa shape index (κ2) is 3.04. The zero-order chi connectivity index (χ0) is 10.1. The molecule has 2 aromatic rings. The summed E-state index contributed by atoms with van der Waals surface area (Å²) in [5.41, 5.74) is 2.29. The third-order valence-electron chi connectivity index (χ3n) is 2.30. The normalized spacial score (nSPS) is 10.1. The Bertz CT molecular complexity index is 485. The lowest BCUT2D eigenvalue weighted by Gasteiger charge is -1.94. The second-order valence-electron chi connectivity index (χ2n) is 3.13. The van der Waals surface area contributed by atoms with E-state index in [1.807, 2.05) is 32.4 Å². The number of nitrogens with one attached hydrogen (secondary N) is 1. The van der Waals surface area contributed by atoms with Gasteiger partial charge in [0.25, 0.3) is 0 Å². The molecule has 0 unspecified atom stereocenters. The maximum atomic E-state index is 8.99. The van der Waals surface area contributed by atoms with E-state index in [2.05, 4.69) is 16.0 Å². The highest BCUT2D eigenvalue weighted by Gasteiger charge is 2.13. The van der Waals surface area contributed by atoms with Crippen LogP contribution in [0.5, 0.6) is 0 Å². The molecule has 0 atom stereocenters. The first-order chi connectivity index (χ1) is 6.74. The average Bonchev–Trinajstić information content (AvgIpc) is 2.76. The van der Waals surface area contributed by atoms with Crippen LogP contribution in [0.4, 0.5) is 0 Å². The van der Waals surface area contributed by atoms with Crippen molar-refractivity contribution in [2.45, 2.75) is 6.92 Å². The first-order valence-electron chi connectivity index (χ1n) is 4.30. The zero-order valence-corrected chi connectivity index (χ0v) is 8.07. The number of aryl methyl sites for hydroxylation is 1. The Morgan fingerprint density at radius 3 is 2.93 bits per heavy atom. The van der Waals surface area contributed by atoms with E-state index in [-0.39, 0.29) is 0 Å². The molecule has 0 aliphatic carbocycles. The highest BCUT2D eigenvalue weighted by molar-refractivity contribution is 5.64. The summed E-state index contributed by atoms with van der Waals surface area (Å²) in [6.45, 7) is 1.89. The molecular formula is C10H10N4. The van der Waals surface area contributed by atoms with E-state index in [1.54, 1.807) is 4.57 Å². The van der Waals surface area contributed by atoms with Crippen LogP contribution in [-0.2, 0) is 7.05 Å². The van der Waals surface area contributed by atoms with Crippen LogP contribution in [0.1, 0.15) is 11.5 Å². The van der Waals surface area contributed by atoms with Gasteiger partial charge in [0.15, 0.2) is 0 Å². The first-order valence-corrected chi connectivity index (χ1v) is 4.30. The molecule has 0 saturated carbocycles. The lowest BCUT2D eigenvalue weighted by atomic mass is 10.2. The molecule has 0 spiro atoms. The highest BCUT2D eigenvalue weighted by Crippen LogP contribution is 2.21. The predicted molar refractivity (Wildman–Crippen MR) is 52.4 cm³/mol. The van der Waals surface area contributed by atoms with Crippen LogP contribution in [0.25, 0.3) is 11.3 Å². The molecule has 2 heterocycles. The van der Waals surface area contributed by atoms with E-state index >= 15 is 0 Å². The summed E-state index contributed by atoms with van der Waals surface area (Å²) in [6.07, 6.45) is 3.66. The van der Waals surface area contributed by atoms with Crippen molar-refractivity contribution in [1.82, 2.24) is 14.5 Å². The standard InChI is InChI=1S/C10H10N4/c1-7-13-10(8-3-4-12-6-8)9(5-11)14(7)2/h3-4,6,12H,1-2H3. The van der Waals surface area contributed by atoms with Gasteiger partial charge in [0.2, 0.25) is 0 Å². The van der Waals surface area contributed by atoms with Crippen molar-refractivity contribution in [2.24, 2.45) is 7.05 Å². The quantitative estimate of drug-likeness (QED) is 0.735. The minimum Gasteiger partial charge on any atom is -0.367 e. The summed E-state index contributed by atoms with van der Waals surface area (Å²) < 4.78 is 1.79. The predicted octanol–water partition coefficient (Wildman–Crippen LogP) is 1.60. The molecule has 0 fully saturated rings. The van der Waals surface area contributed by atoms with Crippen molar-refractivity contribution in [3.05, 3.63) is 30.0 Å². The lowest BCUT2D eigenvalue weighted by molar-refractivity contribution is 0.845. The van der Waals surface area contributed by atoms with E-state index in [0.717, 1.165) is 17.1 Å². The molecule has 0 amide bonds. The molecule has 4 nitrogen and oxygen atoms in total. The molecule has 0 aliphatic rings. The first kappa shape index (κ1) is 8.57. The molecule has 0 saturated heterocycles. The SMILES string of the molecule is Cc1nc(-c2cc[nH]c2)c(C#N)n1C. The Hall–Kier alpha value is -2.02. The summed E-state index contributed by atoms with van der Waals surface area (Å²) in [7, 11) is 1.84. The molecule has 14 heavy (non-hydrogen) atoms. The Balaban J connectivity index is 2.66. The van der Waals surface area contributed by atoms with Gasteiger partial charge in [-0.15, -0.1) is 0 Å². The van der Waals surface area contributed by atoms with Crippen molar-refractivity contribution in [1.29, 1.82) is 5.26 Å². The number of rotatable bonds is 1. The van der Waals surface area contributed by atoms with Gasteiger partial charge in [-0.05, 0) is 13.0 Å². The lowest BCUT2D eigenvalue weighted by Crippen LogP contribution is -1.94. The average molecular weight is 186 g/mol. The van der Waals surface area contributed by atoms with Crippen LogP contribution in [0.2, 0.25) is 0 Å². The second-order valence-corrected chi connectivity index (χ2v) is 3.13. The maximum absolute atomic E-state index is 8.99. The van der Waals surface area contributed by atoms with Gasteiger partial charge in [-0.25, -0.2) is 4.98 Å². The Morgan fingerprint density at radius 2 is 2.36 bits per heavy atom. The van der Waals surface area contributed by atoms with Crippen molar-refractivity contribution in [3.8, 4) is 17.3 Å². The van der Waals surface area contributed by atoms with Gasteiger partial charge in [-0.3, -0.25) is 0 Å². The Morgan fingerprint density at radius 1 is 1.57 bits per heavy atom. The fourth-order valence-electron chi connectivity index (χ4n) is 1.41. The molecule has 0 aromatic carbocycles. The highest BCUT2D eigenvalue weighted by atomic mass is 15.1. The molecule has 4 heteroatoms. The minimum absolute atomic E-state index is 0.599. The van der Waals surface area contributed by atoms with Crippen LogP contribution in [-0.4, -0.2) is 14.5 Å². The summed E-state index contributed by atoms with van der Waals surface area (Å²) in [5.74, 6) is 0.845. The van der Waals surface area contributed by atoms with Gasteiger partial charge in [-0.2, -0.15) is 5.26 Å². The monoisotopic (exact) mass is 186 g/mol. The topological polar surface area (TPSA) is 57.4 Å². The van der Waals surface area contributed by atoms with Gasteiger partial charge < -0.3 is 9.55 Å². The number of nitriles is 1. The summed E-state index contributed by atoms with van der Waals surface area (Å²) in [4.78, 5) is 7.29. The van der Waals surface area contributed by atoms with Crippen LogP contribution in [0, 0.1) is 18.3 Å². The van der Waals surface area contributed by atoms with E-state index in [0.29, 0.717) is 5.69 Å². The number of aromatic amines is 1. The number of H-pyrrole nitrogens is 1. The summed E-state index contributed by atoms with van der Waals surface area (Å²) in [6, 6.07) is 4.06. The number of nitrogens with zero attached hydrogens (tertiary/aromatic N) is 3. The molecule has 0 radical (unpaired) electrons. The van der Waals surface area contributed by atoms with Crippen molar-refractivity contribution >= 4 is 0 Å². The van der Waals surface area contributed by atoms with E-state index in [4.69, 9.17) is 5.26 Å². The van der Waals surface area contributed by atoms with Crippen LogP contribution >= 0.6 is 0 Å². The molecule has 2 aromatic heterocycles. The van der Waals surface area contributed by atoms with Gasteiger partial charge in [-0.1, -0.05) is 0 Å². The maximum Gasteiger partial charge on any atom is 0.148 e. The fourth-order valence-corrected chi connectivity index (χ4v) is 1.41. The van der Waals surface area contributed by atoms with Gasteiger partial charge in [0.1, 0.15) is 23.3 Å². The van der Waals surface area contributed by atoms with Gasteiger partial charge in [0.05, 0.1) is 0 Å². The van der Waals surface area contributed by atoms with E-state index < -0.39 is 0 Å². The Kier molecular flexibility index (Phi) is 1.86. The summed E-state index contributed by atoms with van der Waals surface area (Å²) >= 11 is 0. The minimum atomic E-state index is 0.599. The molecule has 2 rings (SSSR count). The van der Waals surface area contributed by atoms with Crippen LogP contribution < -0.4 is 0 Å². The Labute approximate surface area is 81.8 Å². The van der Waals surface area contributed by atoms with Gasteiger partial charge >= 0.3 is 0 Å². The molecule has 0 aliphatic heterocycles. The zero-order valence-electron chi connectivity index (χ0n) is 8.07. The molecular weight excluding hydrogens is 176 g/mol. The van der Waals surface area contributed by atoms with Crippen LogP contribution in [0.3, 0.4) is 0 Å². The molecule has 1 N–H and O–H groups in total. The summed E-state index contributed by atoms with van der Waals surface area (Å²) in [5, 5.41) is 8.99. The van der Waals surface area contributed by atoms with Crippen molar-refractivity contribution < 1.29 is 0 Å². The third-order valence-corrected chi connectivity index (χ3v) is 2.30. The number of imidazole rings is 1. The van der Waals surface area contributed by atoms with Crippen LogP contribution in [0.15, 0.2) is 18.5 Å². The number of hydrogen-bond acceptors (Lipinski definition) is 2. The fraction of sp³-hybridized carbons (Fsp3) is 0.200. The number of aromatic nitrogens is 3. The third kappa shape index (κ3) is 1.11.